The van der Waals surface area contributed by atoms with Crippen LogP contribution in [0.2, 0.25) is 0 Å². The van der Waals surface area contributed by atoms with Gasteiger partial charge in [-0.3, -0.25) is 9.97 Å². The van der Waals surface area contributed by atoms with Crippen molar-refractivity contribution in [3.63, 3.8) is 0 Å². The summed E-state index contributed by atoms with van der Waals surface area (Å²) in [4.78, 5) is 24.9. The van der Waals surface area contributed by atoms with Gasteiger partial charge in [-0.25, -0.2) is 15.0 Å². The third kappa shape index (κ3) is 6.82. The SMILES string of the molecule is c1ccc(-c2cc(-c3ccc(-c4ccc(-c5nc(-c6ccccc6)cc(-c6ccccc6)n5)cc4)cn3)nc(-c3ncccc3-c3ccccc3)c2)cc1. The minimum absolute atomic E-state index is 0.679. The molecule has 0 fully saturated rings. The molecule has 0 unspecified atom stereocenters. The second kappa shape index (κ2) is 14.7. The number of nitrogens with zero attached hydrogens (tertiary/aromatic N) is 5. The number of rotatable bonds is 8. The first-order valence-electron chi connectivity index (χ1n) is 17.9. The van der Waals surface area contributed by atoms with Crippen LogP contribution < -0.4 is 0 Å². The van der Waals surface area contributed by atoms with Crippen LogP contribution in [0.1, 0.15) is 0 Å². The fourth-order valence-electron chi connectivity index (χ4n) is 6.66. The van der Waals surface area contributed by atoms with E-state index in [1.807, 2.05) is 85.2 Å². The minimum Gasteiger partial charge on any atom is -0.254 e. The van der Waals surface area contributed by atoms with E-state index in [2.05, 4.69) is 115 Å². The molecule has 9 aromatic rings. The molecular formula is C49H33N5. The predicted octanol–water partition coefficient (Wildman–Crippen LogP) is 12.0. The van der Waals surface area contributed by atoms with Crippen LogP contribution in [0.5, 0.6) is 0 Å². The van der Waals surface area contributed by atoms with Crippen LogP contribution in [0.25, 0.3) is 90.1 Å². The summed E-state index contributed by atoms with van der Waals surface area (Å²) in [7, 11) is 0. The summed E-state index contributed by atoms with van der Waals surface area (Å²) < 4.78 is 0. The third-order valence-corrected chi connectivity index (χ3v) is 9.44. The van der Waals surface area contributed by atoms with Gasteiger partial charge in [0.2, 0.25) is 0 Å². The smallest absolute Gasteiger partial charge is 0.160 e. The molecule has 0 aliphatic heterocycles. The molecule has 5 heteroatoms. The van der Waals surface area contributed by atoms with E-state index < -0.39 is 0 Å². The Morgan fingerprint density at radius 1 is 0.278 bits per heavy atom. The molecule has 54 heavy (non-hydrogen) atoms. The van der Waals surface area contributed by atoms with Crippen LogP contribution in [0.3, 0.4) is 0 Å². The van der Waals surface area contributed by atoms with Crippen molar-refractivity contribution in [2.75, 3.05) is 0 Å². The molecule has 0 N–H and O–H groups in total. The molecule has 0 atom stereocenters. The third-order valence-electron chi connectivity index (χ3n) is 9.44. The zero-order valence-corrected chi connectivity index (χ0v) is 29.3. The van der Waals surface area contributed by atoms with Gasteiger partial charge in [-0.2, -0.15) is 0 Å². The Bertz CT molecular complexity index is 2610. The Morgan fingerprint density at radius 3 is 1.39 bits per heavy atom. The van der Waals surface area contributed by atoms with Crippen molar-refractivity contribution < 1.29 is 0 Å². The quantitative estimate of drug-likeness (QED) is 0.159. The average molecular weight is 692 g/mol. The summed E-state index contributed by atoms with van der Waals surface area (Å²) in [6, 6.07) is 64.0. The molecule has 0 saturated heterocycles. The lowest BCUT2D eigenvalue weighted by Crippen LogP contribution is -1.96. The van der Waals surface area contributed by atoms with Crippen LogP contribution in [0.15, 0.2) is 200 Å². The van der Waals surface area contributed by atoms with Crippen LogP contribution in [-0.2, 0) is 0 Å². The summed E-state index contributed by atoms with van der Waals surface area (Å²) in [5.74, 6) is 0.679. The summed E-state index contributed by atoms with van der Waals surface area (Å²) in [6.45, 7) is 0. The van der Waals surface area contributed by atoms with Gasteiger partial charge in [0, 0.05) is 40.2 Å². The van der Waals surface area contributed by atoms with E-state index in [1.165, 1.54) is 0 Å². The van der Waals surface area contributed by atoms with Gasteiger partial charge in [0.1, 0.15) is 0 Å². The van der Waals surface area contributed by atoms with Crippen molar-refractivity contribution >= 4 is 0 Å². The molecule has 4 aromatic heterocycles. The first kappa shape index (κ1) is 32.5. The van der Waals surface area contributed by atoms with Crippen LogP contribution in [0.4, 0.5) is 0 Å². The topological polar surface area (TPSA) is 64.5 Å². The second-order valence-corrected chi connectivity index (χ2v) is 13.0. The molecule has 5 aromatic carbocycles. The summed E-state index contributed by atoms with van der Waals surface area (Å²) in [5, 5.41) is 0. The molecule has 0 spiro atoms. The molecule has 0 aliphatic carbocycles. The number of pyridine rings is 3. The molecule has 9 rings (SSSR count). The van der Waals surface area contributed by atoms with Crippen LogP contribution in [0, 0.1) is 0 Å². The fourth-order valence-corrected chi connectivity index (χ4v) is 6.66. The second-order valence-electron chi connectivity index (χ2n) is 13.0. The van der Waals surface area contributed by atoms with Gasteiger partial charge in [0.25, 0.3) is 0 Å². The average Bonchev–Trinajstić information content (AvgIpc) is 3.27. The summed E-state index contributed by atoms with van der Waals surface area (Å²) >= 11 is 0. The van der Waals surface area contributed by atoms with E-state index >= 15 is 0 Å². The Balaban J connectivity index is 1.05. The maximum absolute atomic E-state index is 5.15. The van der Waals surface area contributed by atoms with Crippen molar-refractivity contribution in [1.82, 2.24) is 24.9 Å². The van der Waals surface area contributed by atoms with Gasteiger partial charge in [0.05, 0.1) is 34.2 Å². The lowest BCUT2D eigenvalue weighted by molar-refractivity contribution is 1.18. The zero-order valence-electron chi connectivity index (χ0n) is 29.3. The Hall–Kier alpha value is -7.37. The lowest BCUT2D eigenvalue weighted by Gasteiger charge is -2.13. The maximum Gasteiger partial charge on any atom is 0.160 e. The number of hydrogen-bond donors (Lipinski definition) is 0. The highest BCUT2D eigenvalue weighted by atomic mass is 14.9. The number of aromatic nitrogens is 5. The van der Waals surface area contributed by atoms with Crippen molar-refractivity contribution in [2.45, 2.75) is 0 Å². The number of benzene rings is 5. The van der Waals surface area contributed by atoms with E-state index in [-0.39, 0.29) is 0 Å². The summed E-state index contributed by atoms with van der Waals surface area (Å²) in [5.41, 5.74) is 14.3. The molecule has 4 heterocycles. The minimum atomic E-state index is 0.679. The summed E-state index contributed by atoms with van der Waals surface area (Å²) in [6.07, 6.45) is 3.74. The zero-order chi connectivity index (χ0) is 36.1. The highest BCUT2D eigenvalue weighted by molar-refractivity contribution is 5.83. The van der Waals surface area contributed by atoms with Crippen molar-refractivity contribution in [3.8, 4) is 90.1 Å². The highest BCUT2D eigenvalue weighted by Gasteiger charge is 2.15. The van der Waals surface area contributed by atoms with E-state index in [0.29, 0.717) is 5.82 Å². The van der Waals surface area contributed by atoms with E-state index in [4.69, 9.17) is 24.9 Å². The molecule has 0 saturated carbocycles. The molecule has 0 aliphatic rings. The standard InChI is InChI=1S/C49H33N5/c1-5-14-34(15-6-1)41-30-46(52-47(31-41)48-42(22-13-29-50-48)36-16-7-2-8-17-36)43-28-27-40(33-51-43)35-23-25-39(26-24-35)49-53-44(37-18-9-3-10-19-37)32-45(54-49)38-20-11-4-12-21-38/h1-33H. The van der Waals surface area contributed by atoms with Crippen LogP contribution >= 0.6 is 0 Å². The van der Waals surface area contributed by atoms with Crippen molar-refractivity contribution in [2.24, 2.45) is 0 Å². The largest absolute Gasteiger partial charge is 0.254 e. The first-order chi connectivity index (χ1) is 26.7. The fraction of sp³-hybridized carbons (Fsp3) is 0. The van der Waals surface area contributed by atoms with Gasteiger partial charge in [-0.05, 0) is 52.6 Å². The van der Waals surface area contributed by atoms with Crippen molar-refractivity contribution in [3.05, 3.63) is 200 Å². The Labute approximate surface area is 314 Å². The number of hydrogen-bond acceptors (Lipinski definition) is 5. The maximum atomic E-state index is 5.15. The van der Waals surface area contributed by atoms with Gasteiger partial charge in [-0.1, -0.05) is 158 Å². The normalized spacial score (nSPS) is 11.0. The van der Waals surface area contributed by atoms with E-state index in [9.17, 15) is 0 Å². The Morgan fingerprint density at radius 2 is 0.796 bits per heavy atom. The van der Waals surface area contributed by atoms with Gasteiger partial charge in [0.15, 0.2) is 5.82 Å². The first-order valence-corrected chi connectivity index (χ1v) is 17.9. The van der Waals surface area contributed by atoms with E-state index in [1.54, 1.807) is 0 Å². The van der Waals surface area contributed by atoms with Crippen LogP contribution in [-0.4, -0.2) is 24.9 Å². The van der Waals surface area contributed by atoms with E-state index in [0.717, 1.165) is 84.2 Å². The molecule has 0 amide bonds. The van der Waals surface area contributed by atoms with Crippen molar-refractivity contribution in [1.29, 1.82) is 0 Å². The Kier molecular flexibility index (Phi) is 8.86. The molecule has 0 radical (unpaired) electrons. The molecule has 254 valence electrons. The molecule has 0 bridgehead atoms. The predicted molar refractivity (Wildman–Crippen MR) is 219 cm³/mol. The van der Waals surface area contributed by atoms with Gasteiger partial charge in [-0.15, -0.1) is 0 Å². The lowest BCUT2D eigenvalue weighted by atomic mass is 9.98. The highest BCUT2D eigenvalue weighted by Crippen LogP contribution is 2.35. The monoisotopic (exact) mass is 691 g/mol. The van der Waals surface area contributed by atoms with Gasteiger partial charge < -0.3 is 0 Å². The molecule has 5 nitrogen and oxygen atoms in total. The van der Waals surface area contributed by atoms with Gasteiger partial charge >= 0.3 is 0 Å². The molecular weight excluding hydrogens is 659 g/mol.